The molecule has 0 aliphatic heterocycles. The van der Waals surface area contributed by atoms with Crippen molar-refractivity contribution in [3.05, 3.63) is 35.6 Å². The number of fused-ring (bicyclic) bond motifs is 1. The summed E-state index contributed by atoms with van der Waals surface area (Å²) in [5.41, 5.74) is 1.82. The second-order valence-electron chi connectivity index (χ2n) is 6.95. The van der Waals surface area contributed by atoms with E-state index in [1.165, 1.54) is 0 Å². The van der Waals surface area contributed by atoms with E-state index in [1.54, 1.807) is 0 Å². The number of benzene rings is 1. The van der Waals surface area contributed by atoms with Gasteiger partial charge in [-0.2, -0.15) is 0 Å². The lowest BCUT2D eigenvalue weighted by molar-refractivity contribution is -0.153. The van der Waals surface area contributed by atoms with E-state index < -0.39 is 17.8 Å². The summed E-state index contributed by atoms with van der Waals surface area (Å²) in [5, 5.41) is 13.2. The first kappa shape index (κ1) is 16.6. The van der Waals surface area contributed by atoms with E-state index in [0.29, 0.717) is 12.8 Å². The molecule has 0 saturated heterocycles. The molecule has 1 aliphatic rings. The monoisotopic (exact) mass is 329 g/mol. The van der Waals surface area contributed by atoms with Crippen molar-refractivity contribution >= 4 is 22.8 Å². The van der Waals surface area contributed by atoms with Crippen LogP contribution in [0.25, 0.3) is 11.0 Å². The third kappa shape index (κ3) is 2.79. The van der Waals surface area contributed by atoms with E-state index in [0.717, 1.165) is 22.3 Å². The zero-order chi connectivity index (χ0) is 17.4. The number of hydrogen-bond acceptors (Lipinski definition) is 3. The molecule has 2 N–H and O–H groups in total. The predicted molar refractivity (Wildman–Crippen MR) is 90.5 cm³/mol. The number of aryl methyl sites for hydroxylation is 1. The second-order valence-corrected chi connectivity index (χ2v) is 6.95. The lowest BCUT2D eigenvalue weighted by Gasteiger charge is -2.34. The molecular formula is C19H23NO4. The Morgan fingerprint density at radius 2 is 1.88 bits per heavy atom. The highest BCUT2D eigenvalue weighted by molar-refractivity contribution is 5.87. The van der Waals surface area contributed by atoms with Crippen LogP contribution in [0.3, 0.4) is 0 Å². The summed E-state index contributed by atoms with van der Waals surface area (Å²) in [4.78, 5) is 23.7. The van der Waals surface area contributed by atoms with Crippen molar-refractivity contribution in [1.29, 1.82) is 0 Å². The van der Waals surface area contributed by atoms with E-state index >= 15 is 0 Å². The molecule has 1 heterocycles. The molecule has 1 fully saturated rings. The Morgan fingerprint density at radius 3 is 2.42 bits per heavy atom. The Bertz CT molecular complexity index is 777. The third-order valence-corrected chi connectivity index (χ3v) is 5.06. The number of furan rings is 1. The summed E-state index contributed by atoms with van der Waals surface area (Å²) < 4.78 is 6.00. The SMILES string of the molecule is Cc1c(C(NC(=O)C2CCC2C(=O)O)C(C)C)oc2ccccc12. The number of aliphatic carboxylic acids is 1. The molecule has 2 aromatic rings. The number of para-hydroxylation sites is 1. The zero-order valence-electron chi connectivity index (χ0n) is 14.2. The summed E-state index contributed by atoms with van der Waals surface area (Å²) in [6, 6.07) is 7.54. The molecule has 0 radical (unpaired) electrons. The van der Waals surface area contributed by atoms with Gasteiger partial charge in [-0.15, -0.1) is 0 Å². The van der Waals surface area contributed by atoms with Crippen LogP contribution in [0.4, 0.5) is 0 Å². The Balaban J connectivity index is 1.86. The smallest absolute Gasteiger partial charge is 0.307 e. The third-order valence-electron chi connectivity index (χ3n) is 5.06. The average molecular weight is 329 g/mol. The highest BCUT2D eigenvalue weighted by Gasteiger charge is 2.42. The van der Waals surface area contributed by atoms with Gasteiger partial charge in [-0.1, -0.05) is 32.0 Å². The lowest BCUT2D eigenvalue weighted by atomic mass is 9.73. The maximum absolute atomic E-state index is 12.5. The molecule has 128 valence electrons. The predicted octanol–water partition coefficient (Wildman–Crippen LogP) is 3.67. The number of carbonyl (C=O) groups excluding carboxylic acids is 1. The number of carboxylic acid groups (broad SMARTS) is 1. The van der Waals surface area contributed by atoms with Gasteiger partial charge in [0, 0.05) is 10.9 Å². The van der Waals surface area contributed by atoms with Crippen LogP contribution in [0.15, 0.2) is 28.7 Å². The molecule has 0 spiro atoms. The van der Waals surface area contributed by atoms with Crippen LogP contribution < -0.4 is 5.32 Å². The van der Waals surface area contributed by atoms with Gasteiger partial charge in [0.25, 0.3) is 0 Å². The Morgan fingerprint density at radius 1 is 1.21 bits per heavy atom. The van der Waals surface area contributed by atoms with Crippen molar-refractivity contribution in [3.8, 4) is 0 Å². The topological polar surface area (TPSA) is 79.5 Å². The number of nitrogens with one attached hydrogen (secondary N) is 1. The van der Waals surface area contributed by atoms with Crippen molar-refractivity contribution in [2.45, 2.75) is 39.7 Å². The summed E-state index contributed by atoms with van der Waals surface area (Å²) >= 11 is 0. The van der Waals surface area contributed by atoms with E-state index in [1.807, 2.05) is 45.0 Å². The quantitative estimate of drug-likeness (QED) is 0.877. The summed E-state index contributed by atoms with van der Waals surface area (Å²) in [7, 11) is 0. The van der Waals surface area contributed by atoms with E-state index in [-0.39, 0.29) is 17.9 Å². The lowest BCUT2D eigenvalue weighted by Crippen LogP contribution is -2.45. The molecule has 0 bridgehead atoms. The average Bonchev–Trinajstić information content (AvgIpc) is 2.80. The minimum absolute atomic E-state index is 0.136. The van der Waals surface area contributed by atoms with Gasteiger partial charge in [0.15, 0.2) is 0 Å². The van der Waals surface area contributed by atoms with Crippen LogP contribution in [0.2, 0.25) is 0 Å². The van der Waals surface area contributed by atoms with Crippen molar-refractivity contribution in [1.82, 2.24) is 5.32 Å². The Hall–Kier alpha value is -2.30. The molecule has 24 heavy (non-hydrogen) atoms. The number of hydrogen-bond donors (Lipinski definition) is 2. The second kappa shape index (κ2) is 6.30. The fourth-order valence-corrected chi connectivity index (χ4v) is 3.39. The highest BCUT2D eigenvalue weighted by atomic mass is 16.4. The van der Waals surface area contributed by atoms with Crippen LogP contribution in [-0.2, 0) is 9.59 Å². The molecule has 5 heteroatoms. The number of amides is 1. The van der Waals surface area contributed by atoms with Gasteiger partial charge in [-0.3, -0.25) is 9.59 Å². The molecule has 3 rings (SSSR count). The van der Waals surface area contributed by atoms with E-state index in [9.17, 15) is 9.59 Å². The van der Waals surface area contributed by atoms with Crippen molar-refractivity contribution in [2.75, 3.05) is 0 Å². The van der Waals surface area contributed by atoms with Crippen LogP contribution >= 0.6 is 0 Å². The van der Waals surface area contributed by atoms with E-state index in [2.05, 4.69) is 5.32 Å². The minimum atomic E-state index is -0.887. The van der Waals surface area contributed by atoms with Gasteiger partial charge in [-0.25, -0.2) is 0 Å². The summed E-state index contributed by atoms with van der Waals surface area (Å²) in [6.07, 6.45) is 1.20. The van der Waals surface area contributed by atoms with Crippen LogP contribution in [0.1, 0.15) is 44.1 Å². The zero-order valence-corrected chi connectivity index (χ0v) is 14.2. The normalized spacial score (nSPS) is 21.5. The number of rotatable bonds is 5. The van der Waals surface area contributed by atoms with E-state index in [4.69, 9.17) is 9.52 Å². The highest BCUT2D eigenvalue weighted by Crippen LogP contribution is 2.37. The van der Waals surface area contributed by atoms with Gasteiger partial charge < -0.3 is 14.8 Å². The van der Waals surface area contributed by atoms with Gasteiger partial charge in [-0.05, 0) is 31.7 Å². The molecule has 1 aliphatic carbocycles. The maximum Gasteiger partial charge on any atom is 0.307 e. The van der Waals surface area contributed by atoms with Crippen molar-refractivity contribution in [2.24, 2.45) is 17.8 Å². The van der Waals surface area contributed by atoms with Gasteiger partial charge in [0.2, 0.25) is 5.91 Å². The Kier molecular flexibility index (Phi) is 4.35. The van der Waals surface area contributed by atoms with Crippen molar-refractivity contribution in [3.63, 3.8) is 0 Å². The van der Waals surface area contributed by atoms with Crippen molar-refractivity contribution < 1.29 is 19.1 Å². The molecule has 1 aromatic carbocycles. The molecular weight excluding hydrogens is 306 g/mol. The van der Waals surface area contributed by atoms with Gasteiger partial charge >= 0.3 is 5.97 Å². The molecule has 3 unspecified atom stereocenters. The molecule has 1 amide bonds. The van der Waals surface area contributed by atoms with Crippen LogP contribution in [0, 0.1) is 24.7 Å². The standard InChI is InChI=1S/C19H23NO4/c1-10(2)16(20-18(21)13-8-9-14(13)19(22)23)17-11(3)12-6-4-5-7-15(12)24-17/h4-7,10,13-14,16H,8-9H2,1-3H3,(H,20,21)(H,22,23). The number of carboxylic acids is 1. The molecule has 3 atom stereocenters. The first-order valence-electron chi connectivity index (χ1n) is 8.41. The van der Waals surface area contributed by atoms with Crippen LogP contribution in [-0.4, -0.2) is 17.0 Å². The summed E-state index contributed by atoms with van der Waals surface area (Å²) in [5.74, 6) is -1.18. The first-order valence-corrected chi connectivity index (χ1v) is 8.41. The fraction of sp³-hybridized carbons (Fsp3) is 0.474. The maximum atomic E-state index is 12.5. The number of carbonyl (C=O) groups is 2. The minimum Gasteiger partial charge on any atom is -0.481 e. The molecule has 1 saturated carbocycles. The van der Waals surface area contributed by atoms with Crippen LogP contribution in [0.5, 0.6) is 0 Å². The fourth-order valence-electron chi connectivity index (χ4n) is 3.39. The Labute approximate surface area is 141 Å². The first-order chi connectivity index (χ1) is 11.4. The molecule has 5 nitrogen and oxygen atoms in total. The summed E-state index contributed by atoms with van der Waals surface area (Å²) in [6.45, 7) is 6.03. The largest absolute Gasteiger partial charge is 0.481 e. The van der Waals surface area contributed by atoms with Gasteiger partial charge in [0.05, 0.1) is 17.9 Å². The van der Waals surface area contributed by atoms with Gasteiger partial charge in [0.1, 0.15) is 11.3 Å². The molecule has 1 aromatic heterocycles.